The molecule has 1 unspecified atom stereocenters. The minimum Gasteiger partial charge on any atom is -0.371 e. The van der Waals surface area contributed by atoms with Crippen LogP contribution >= 0.6 is 15.9 Å². The molecular weight excluding hydrogens is 294 g/mol. The lowest BCUT2D eigenvalue weighted by Crippen LogP contribution is -2.12. The van der Waals surface area contributed by atoms with Crippen LogP contribution in [-0.4, -0.2) is 23.1 Å². The summed E-state index contributed by atoms with van der Waals surface area (Å²) in [5.41, 5.74) is 1.02. The van der Waals surface area contributed by atoms with E-state index in [0.29, 0.717) is 12.5 Å². The second-order valence-electron chi connectivity index (χ2n) is 4.41. The van der Waals surface area contributed by atoms with Gasteiger partial charge in [0.1, 0.15) is 11.9 Å². The first kappa shape index (κ1) is 15.4. The zero-order valence-corrected chi connectivity index (χ0v) is 13.3. The Morgan fingerprint density at radius 3 is 2.39 bits per heavy atom. The fourth-order valence-electron chi connectivity index (χ4n) is 1.66. The number of rotatable bonds is 6. The number of nitrogens with one attached hydrogen (secondary N) is 1. The SMILES string of the molecule is CCNc1nc(C(C)OCC)nc(C(C)C)c1Br. The monoisotopic (exact) mass is 315 g/mol. The molecule has 0 aromatic carbocycles. The maximum Gasteiger partial charge on any atom is 0.159 e. The number of nitrogens with zero attached hydrogens (tertiary/aromatic N) is 2. The average molecular weight is 316 g/mol. The molecule has 1 N–H and O–H groups in total. The predicted molar refractivity (Wildman–Crippen MR) is 78.0 cm³/mol. The van der Waals surface area contributed by atoms with E-state index in [1.165, 1.54) is 0 Å². The van der Waals surface area contributed by atoms with Crippen LogP contribution in [0.5, 0.6) is 0 Å². The molecule has 0 fully saturated rings. The van der Waals surface area contributed by atoms with Crippen LogP contribution in [0.25, 0.3) is 0 Å². The van der Waals surface area contributed by atoms with Crippen LogP contribution in [0.1, 0.15) is 58.2 Å². The molecule has 0 aliphatic heterocycles. The fourth-order valence-corrected chi connectivity index (χ4v) is 2.43. The van der Waals surface area contributed by atoms with Crippen molar-refractivity contribution in [3.05, 3.63) is 16.0 Å². The summed E-state index contributed by atoms with van der Waals surface area (Å²) in [5.74, 6) is 1.92. The third-order valence-electron chi connectivity index (χ3n) is 2.57. The first-order valence-electron chi connectivity index (χ1n) is 6.43. The van der Waals surface area contributed by atoms with Crippen molar-refractivity contribution in [2.75, 3.05) is 18.5 Å². The molecule has 0 spiro atoms. The van der Waals surface area contributed by atoms with E-state index in [0.717, 1.165) is 28.4 Å². The zero-order chi connectivity index (χ0) is 13.7. The lowest BCUT2D eigenvalue weighted by atomic mass is 10.1. The Hall–Kier alpha value is -0.680. The highest BCUT2D eigenvalue weighted by Crippen LogP contribution is 2.30. The number of ether oxygens (including phenoxy) is 1. The first-order chi connectivity index (χ1) is 8.51. The second kappa shape index (κ2) is 7.04. The standard InChI is InChI=1S/C13H22BrN3O/c1-6-15-13-10(14)11(8(3)4)16-12(17-13)9(5)18-7-2/h8-9H,6-7H2,1-5H3,(H,15,16,17). The number of anilines is 1. The Balaban J connectivity index is 3.19. The van der Waals surface area contributed by atoms with Crippen molar-refractivity contribution >= 4 is 21.7 Å². The lowest BCUT2D eigenvalue weighted by Gasteiger charge is -2.17. The molecule has 1 aromatic heterocycles. The van der Waals surface area contributed by atoms with E-state index < -0.39 is 0 Å². The Labute approximate surface area is 118 Å². The van der Waals surface area contributed by atoms with Crippen LogP contribution in [0.4, 0.5) is 5.82 Å². The van der Waals surface area contributed by atoms with E-state index in [1.807, 2.05) is 13.8 Å². The fraction of sp³-hybridized carbons (Fsp3) is 0.692. The highest BCUT2D eigenvalue weighted by Gasteiger charge is 2.17. The summed E-state index contributed by atoms with van der Waals surface area (Å²) in [6.45, 7) is 11.7. The largest absolute Gasteiger partial charge is 0.371 e. The molecule has 4 nitrogen and oxygen atoms in total. The number of halogens is 1. The molecule has 0 bridgehead atoms. The van der Waals surface area contributed by atoms with E-state index in [2.05, 4.69) is 52.0 Å². The molecule has 1 heterocycles. The zero-order valence-electron chi connectivity index (χ0n) is 11.7. The van der Waals surface area contributed by atoms with Crippen molar-refractivity contribution in [2.24, 2.45) is 0 Å². The van der Waals surface area contributed by atoms with Crippen molar-refractivity contribution in [3.8, 4) is 0 Å². The van der Waals surface area contributed by atoms with Crippen molar-refractivity contribution in [3.63, 3.8) is 0 Å². The third kappa shape index (κ3) is 3.65. The Morgan fingerprint density at radius 2 is 1.89 bits per heavy atom. The van der Waals surface area contributed by atoms with Gasteiger partial charge in [-0.3, -0.25) is 0 Å². The summed E-state index contributed by atoms with van der Waals surface area (Å²) in [6, 6.07) is 0. The van der Waals surface area contributed by atoms with Gasteiger partial charge in [-0.1, -0.05) is 13.8 Å². The normalized spacial score (nSPS) is 12.8. The molecule has 0 aliphatic rings. The molecule has 18 heavy (non-hydrogen) atoms. The van der Waals surface area contributed by atoms with Gasteiger partial charge in [0.05, 0.1) is 10.2 Å². The van der Waals surface area contributed by atoms with E-state index in [4.69, 9.17) is 4.74 Å². The smallest absolute Gasteiger partial charge is 0.159 e. The van der Waals surface area contributed by atoms with Crippen LogP contribution in [0, 0.1) is 0 Å². The first-order valence-corrected chi connectivity index (χ1v) is 7.23. The molecule has 1 atom stereocenters. The summed E-state index contributed by atoms with van der Waals surface area (Å²) < 4.78 is 6.52. The minimum atomic E-state index is -0.0852. The van der Waals surface area contributed by atoms with Crippen LogP contribution in [0.3, 0.4) is 0 Å². The molecule has 102 valence electrons. The van der Waals surface area contributed by atoms with E-state index >= 15 is 0 Å². The van der Waals surface area contributed by atoms with Gasteiger partial charge in [-0.2, -0.15) is 0 Å². The van der Waals surface area contributed by atoms with Crippen molar-refractivity contribution < 1.29 is 4.74 Å². The number of hydrogen-bond donors (Lipinski definition) is 1. The van der Waals surface area contributed by atoms with Gasteiger partial charge >= 0.3 is 0 Å². The minimum absolute atomic E-state index is 0.0852. The van der Waals surface area contributed by atoms with E-state index in [1.54, 1.807) is 0 Å². The Kier molecular flexibility index (Phi) is 6.02. The van der Waals surface area contributed by atoms with Gasteiger partial charge in [0, 0.05) is 13.2 Å². The molecule has 1 aromatic rings. The van der Waals surface area contributed by atoms with Gasteiger partial charge in [-0.15, -0.1) is 0 Å². The maximum atomic E-state index is 5.57. The van der Waals surface area contributed by atoms with Crippen LogP contribution in [0.2, 0.25) is 0 Å². The molecule has 0 saturated carbocycles. The average Bonchev–Trinajstić information content (AvgIpc) is 2.31. The van der Waals surface area contributed by atoms with Gasteiger partial charge < -0.3 is 10.1 Å². The molecule has 0 amide bonds. The van der Waals surface area contributed by atoms with Crippen molar-refractivity contribution in [1.82, 2.24) is 9.97 Å². The van der Waals surface area contributed by atoms with Crippen LogP contribution < -0.4 is 5.32 Å². The highest BCUT2D eigenvalue weighted by molar-refractivity contribution is 9.10. The molecule has 1 rings (SSSR count). The van der Waals surface area contributed by atoms with Crippen molar-refractivity contribution in [2.45, 2.75) is 46.6 Å². The van der Waals surface area contributed by atoms with Gasteiger partial charge in [-0.25, -0.2) is 9.97 Å². The van der Waals surface area contributed by atoms with Gasteiger partial charge in [0.25, 0.3) is 0 Å². The summed E-state index contributed by atoms with van der Waals surface area (Å²) in [6.07, 6.45) is -0.0852. The van der Waals surface area contributed by atoms with Gasteiger partial charge in [0.15, 0.2) is 5.82 Å². The Morgan fingerprint density at radius 1 is 1.22 bits per heavy atom. The van der Waals surface area contributed by atoms with Crippen molar-refractivity contribution in [1.29, 1.82) is 0 Å². The molecule has 0 saturated heterocycles. The molecular formula is C13H22BrN3O. The molecule has 5 heteroatoms. The number of hydrogen-bond acceptors (Lipinski definition) is 4. The Bertz CT molecular complexity index is 396. The summed E-state index contributed by atoms with van der Waals surface area (Å²) in [4.78, 5) is 9.14. The topological polar surface area (TPSA) is 47.0 Å². The van der Waals surface area contributed by atoms with Crippen LogP contribution in [0.15, 0.2) is 4.47 Å². The lowest BCUT2D eigenvalue weighted by molar-refractivity contribution is 0.0699. The predicted octanol–water partition coefficient (Wildman–Crippen LogP) is 3.89. The maximum absolute atomic E-state index is 5.57. The summed E-state index contributed by atoms with van der Waals surface area (Å²) in [7, 11) is 0. The van der Waals surface area contributed by atoms with Crippen LogP contribution in [-0.2, 0) is 4.74 Å². The molecule has 0 radical (unpaired) electrons. The number of aromatic nitrogens is 2. The molecule has 0 aliphatic carbocycles. The highest BCUT2D eigenvalue weighted by atomic mass is 79.9. The van der Waals surface area contributed by atoms with E-state index in [-0.39, 0.29) is 6.10 Å². The summed E-state index contributed by atoms with van der Waals surface area (Å²) >= 11 is 3.58. The second-order valence-corrected chi connectivity index (χ2v) is 5.21. The van der Waals surface area contributed by atoms with E-state index in [9.17, 15) is 0 Å². The van der Waals surface area contributed by atoms with Gasteiger partial charge in [0.2, 0.25) is 0 Å². The third-order valence-corrected chi connectivity index (χ3v) is 3.35. The van der Waals surface area contributed by atoms with Gasteiger partial charge in [-0.05, 0) is 42.6 Å². The summed E-state index contributed by atoms with van der Waals surface area (Å²) in [5, 5.41) is 3.25. The quantitative estimate of drug-likeness (QED) is 0.865.